The molecule has 1 aromatic carbocycles. The standard InChI is InChI=1S/C16H21N5/c1-12-4-3-5-15(13(12)2)20-6-8-21(9-7-20)16-14(17)10-18-11-19-16/h3-5,10-11H,6-9,17H2,1-2H3. The van der Waals surface area contributed by atoms with Gasteiger partial charge in [0.05, 0.1) is 11.9 Å². The Morgan fingerprint density at radius 2 is 1.76 bits per heavy atom. The topological polar surface area (TPSA) is 58.3 Å². The van der Waals surface area contributed by atoms with Crippen molar-refractivity contribution in [2.75, 3.05) is 41.7 Å². The summed E-state index contributed by atoms with van der Waals surface area (Å²) in [6, 6.07) is 6.50. The summed E-state index contributed by atoms with van der Waals surface area (Å²) in [4.78, 5) is 12.9. The highest BCUT2D eigenvalue weighted by molar-refractivity contribution is 5.62. The molecule has 0 saturated carbocycles. The van der Waals surface area contributed by atoms with Crippen LogP contribution in [-0.2, 0) is 0 Å². The highest BCUT2D eigenvalue weighted by atomic mass is 15.3. The summed E-state index contributed by atoms with van der Waals surface area (Å²) >= 11 is 0. The van der Waals surface area contributed by atoms with Crippen LogP contribution in [0.25, 0.3) is 0 Å². The Bertz CT molecular complexity index is 632. The summed E-state index contributed by atoms with van der Waals surface area (Å²) in [5.41, 5.74) is 10.7. The maximum atomic E-state index is 5.96. The third kappa shape index (κ3) is 2.63. The number of piperazine rings is 1. The number of benzene rings is 1. The lowest BCUT2D eigenvalue weighted by atomic mass is 10.1. The van der Waals surface area contributed by atoms with Crippen LogP contribution < -0.4 is 15.5 Å². The van der Waals surface area contributed by atoms with Crippen LogP contribution in [0.3, 0.4) is 0 Å². The third-order valence-corrected chi connectivity index (χ3v) is 4.21. The van der Waals surface area contributed by atoms with Crippen LogP contribution >= 0.6 is 0 Å². The number of nitrogens with two attached hydrogens (primary N) is 1. The summed E-state index contributed by atoms with van der Waals surface area (Å²) in [6.45, 7) is 8.17. The van der Waals surface area contributed by atoms with Crippen molar-refractivity contribution in [3.63, 3.8) is 0 Å². The lowest BCUT2D eigenvalue weighted by Gasteiger charge is -2.37. The molecule has 2 aromatic rings. The van der Waals surface area contributed by atoms with E-state index in [4.69, 9.17) is 5.73 Å². The van der Waals surface area contributed by atoms with Crippen LogP contribution in [0, 0.1) is 13.8 Å². The van der Waals surface area contributed by atoms with Crippen molar-refractivity contribution in [1.82, 2.24) is 9.97 Å². The van der Waals surface area contributed by atoms with Gasteiger partial charge >= 0.3 is 0 Å². The summed E-state index contributed by atoms with van der Waals surface area (Å²) in [5.74, 6) is 0.852. The molecule has 21 heavy (non-hydrogen) atoms. The first kappa shape index (κ1) is 13.7. The van der Waals surface area contributed by atoms with E-state index < -0.39 is 0 Å². The Hall–Kier alpha value is -2.30. The predicted molar refractivity (Wildman–Crippen MR) is 86.8 cm³/mol. The van der Waals surface area contributed by atoms with Crippen LogP contribution in [0.4, 0.5) is 17.2 Å². The molecule has 5 heteroatoms. The second-order valence-corrected chi connectivity index (χ2v) is 5.49. The molecule has 0 atom stereocenters. The van der Waals surface area contributed by atoms with Crippen molar-refractivity contribution < 1.29 is 0 Å². The van der Waals surface area contributed by atoms with Gasteiger partial charge in [-0.3, -0.25) is 0 Å². The first-order valence-electron chi connectivity index (χ1n) is 7.28. The van der Waals surface area contributed by atoms with E-state index in [1.807, 2.05) is 0 Å². The Balaban J connectivity index is 1.74. The largest absolute Gasteiger partial charge is 0.394 e. The molecule has 0 aliphatic carbocycles. The molecule has 2 heterocycles. The molecule has 1 aliphatic heterocycles. The van der Waals surface area contributed by atoms with Crippen molar-refractivity contribution in [1.29, 1.82) is 0 Å². The first-order chi connectivity index (χ1) is 10.2. The molecule has 110 valence electrons. The van der Waals surface area contributed by atoms with Gasteiger partial charge in [0.1, 0.15) is 6.33 Å². The van der Waals surface area contributed by atoms with Crippen LogP contribution in [0.1, 0.15) is 11.1 Å². The molecule has 1 fully saturated rings. The molecule has 0 amide bonds. The van der Waals surface area contributed by atoms with E-state index in [1.54, 1.807) is 12.5 Å². The van der Waals surface area contributed by atoms with Gasteiger partial charge in [-0.1, -0.05) is 12.1 Å². The molecular formula is C16H21N5. The monoisotopic (exact) mass is 283 g/mol. The van der Waals surface area contributed by atoms with Crippen LogP contribution in [0.2, 0.25) is 0 Å². The first-order valence-corrected chi connectivity index (χ1v) is 7.28. The highest BCUT2D eigenvalue weighted by Gasteiger charge is 2.20. The smallest absolute Gasteiger partial charge is 0.155 e. The van der Waals surface area contributed by atoms with Gasteiger partial charge in [-0.15, -0.1) is 0 Å². The van der Waals surface area contributed by atoms with E-state index in [9.17, 15) is 0 Å². The van der Waals surface area contributed by atoms with E-state index >= 15 is 0 Å². The molecule has 0 unspecified atom stereocenters. The zero-order chi connectivity index (χ0) is 14.8. The molecule has 0 radical (unpaired) electrons. The van der Waals surface area contributed by atoms with Crippen molar-refractivity contribution in [2.24, 2.45) is 0 Å². The molecule has 3 rings (SSSR count). The number of rotatable bonds is 2. The minimum Gasteiger partial charge on any atom is -0.394 e. The number of anilines is 3. The number of hydrogen-bond acceptors (Lipinski definition) is 5. The van der Waals surface area contributed by atoms with E-state index in [-0.39, 0.29) is 0 Å². The van der Waals surface area contributed by atoms with Crippen molar-refractivity contribution in [3.05, 3.63) is 41.9 Å². The zero-order valence-electron chi connectivity index (χ0n) is 12.6. The van der Waals surface area contributed by atoms with Gasteiger partial charge in [0.2, 0.25) is 0 Å². The zero-order valence-corrected chi connectivity index (χ0v) is 12.6. The number of aromatic nitrogens is 2. The van der Waals surface area contributed by atoms with Gasteiger partial charge in [0, 0.05) is 31.9 Å². The quantitative estimate of drug-likeness (QED) is 0.913. The molecule has 1 saturated heterocycles. The molecule has 0 bridgehead atoms. The average Bonchev–Trinajstić information content (AvgIpc) is 2.51. The van der Waals surface area contributed by atoms with Gasteiger partial charge in [0.25, 0.3) is 0 Å². The molecule has 2 N–H and O–H groups in total. The summed E-state index contributed by atoms with van der Waals surface area (Å²) in [7, 11) is 0. The fourth-order valence-electron chi connectivity index (χ4n) is 2.84. The minimum atomic E-state index is 0.651. The van der Waals surface area contributed by atoms with Gasteiger partial charge < -0.3 is 15.5 Å². The third-order valence-electron chi connectivity index (χ3n) is 4.21. The summed E-state index contributed by atoms with van der Waals surface area (Å²) in [6.07, 6.45) is 3.22. The van der Waals surface area contributed by atoms with E-state index in [1.165, 1.54) is 16.8 Å². The van der Waals surface area contributed by atoms with Gasteiger partial charge in [0.15, 0.2) is 5.82 Å². The fraction of sp³-hybridized carbons (Fsp3) is 0.375. The second-order valence-electron chi connectivity index (χ2n) is 5.49. The van der Waals surface area contributed by atoms with Crippen LogP contribution in [0.5, 0.6) is 0 Å². The fourth-order valence-corrected chi connectivity index (χ4v) is 2.84. The number of nitrogen functional groups attached to an aromatic ring is 1. The predicted octanol–water partition coefficient (Wildman–Crippen LogP) is 2.00. The Labute approximate surface area is 125 Å². The van der Waals surface area contributed by atoms with Crippen molar-refractivity contribution >= 4 is 17.2 Å². The van der Waals surface area contributed by atoms with Crippen LogP contribution in [0.15, 0.2) is 30.7 Å². The highest BCUT2D eigenvalue weighted by Crippen LogP contribution is 2.26. The van der Waals surface area contributed by atoms with E-state index in [0.717, 1.165) is 32.0 Å². The molecule has 1 aromatic heterocycles. The molecule has 5 nitrogen and oxygen atoms in total. The summed E-state index contributed by atoms with van der Waals surface area (Å²) < 4.78 is 0. The van der Waals surface area contributed by atoms with Crippen LogP contribution in [-0.4, -0.2) is 36.1 Å². The average molecular weight is 283 g/mol. The SMILES string of the molecule is Cc1cccc(N2CCN(c3ncncc3N)CC2)c1C. The van der Waals surface area contributed by atoms with Gasteiger partial charge in [-0.2, -0.15) is 0 Å². The molecular weight excluding hydrogens is 262 g/mol. The Kier molecular flexibility index (Phi) is 3.64. The maximum absolute atomic E-state index is 5.96. The molecule has 0 spiro atoms. The van der Waals surface area contributed by atoms with E-state index in [0.29, 0.717) is 5.69 Å². The Morgan fingerprint density at radius 3 is 2.48 bits per heavy atom. The van der Waals surface area contributed by atoms with E-state index in [2.05, 4.69) is 51.8 Å². The number of nitrogens with zero attached hydrogens (tertiary/aromatic N) is 4. The lowest BCUT2D eigenvalue weighted by molar-refractivity contribution is 0.646. The summed E-state index contributed by atoms with van der Waals surface area (Å²) in [5, 5.41) is 0. The second kappa shape index (κ2) is 5.60. The lowest BCUT2D eigenvalue weighted by Crippen LogP contribution is -2.47. The normalized spacial score (nSPS) is 15.3. The van der Waals surface area contributed by atoms with Crippen molar-refractivity contribution in [3.8, 4) is 0 Å². The van der Waals surface area contributed by atoms with Crippen molar-refractivity contribution in [2.45, 2.75) is 13.8 Å². The maximum Gasteiger partial charge on any atom is 0.155 e. The Morgan fingerprint density at radius 1 is 1.05 bits per heavy atom. The minimum absolute atomic E-state index is 0.651. The molecule has 1 aliphatic rings. The van der Waals surface area contributed by atoms with Gasteiger partial charge in [-0.25, -0.2) is 9.97 Å². The van der Waals surface area contributed by atoms with Gasteiger partial charge in [-0.05, 0) is 31.0 Å². The number of aryl methyl sites for hydroxylation is 1. The number of hydrogen-bond donors (Lipinski definition) is 1.